The highest BCUT2D eigenvalue weighted by Crippen LogP contribution is 2.33. The Morgan fingerprint density at radius 2 is 1.58 bits per heavy atom. The summed E-state index contributed by atoms with van der Waals surface area (Å²) < 4.78 is 10.6. The summed E-state index contributed by atoms with van der Waals surface area (Å²) in [5, 5.41) is 4.18. The van der Waals surface area contributed by atoms with Crippen LogP contribution in [0.3, 0.4) is 0 Å². The Bertz CT molecular complexity index is 698. The Morgan fingerprint density at radius 1 is 0.962 bits per heavy atom. The van der Waals surface area contributed by atoms with E-state index in [1.54, 1.807) is 20.3 Å². The fourth-order valence-electron chi connectivity index (χ4n) is 3.03. The summed E-state index contributed by atoms with van der Waals surface area (Å²) in [6, 6.07) is 12.7. The standard InChI is InChI=1S/C22H30ClNO2/c1-15(2)10-17-6-8-18(9-7-17)16(3)13-24-14-19-11-21(25-4)22(26-5)12-20(19)23/h6-9,11-12,15-16,24H,10,13-14H2,1-5H3. The average molecular weight is 376 g/mol. The third-order valence-corrected chi connectivity index (χ3v) is 4.86. The Labute approximate surface area is 162 Å². The number of methoxy groups -OCH3 is 2. The summed E-state index contributed by atoms with van der Waals surface area (Å²) in [6.07, 6.45) is 1.13. The minimum atomic E-state index is 0.432. The lowest BCUT2D eigenvalue weighted by atomic mass is 9.97. The zero-order chi connectivity index (χ0) is 19.1. The summed E-state index contributed by atoms with van der Waals surface area (Å²) in [4.78, 5) is 0. The molecule has 0 saturated carbocycles. The molecular formula is C22H30ClNO2. The monoisotopic (exact) mass is 375 g/mol. The Kier molecular flexibility index (Phi) is 7.80. The van der Waals surface area contributed by atoms with Crippen LogP contribution < -0.4 is 14.8 Å². The second-order valence-electron chi connectivity index (χ2n) is 7.17. The van der Waals surface area contributed by atoms with Crippen LogP contribution in [0, 0.1) is 5.92 Å². The van der Waals surface area contributed by atoms with Gasteiger partial charge in [0.05, 0.1) is 14.2 Å². The second kappa shape index (κ2) is 9.84. The predicted molar refractivity (Wildman–Crippen MR) is 110 cm³/mol. The van der Waals surface area contributed by atoms with Gasteiger partial charge in [0, 0.05) is 24.2 Å². The number of ether oxygens (including phenoxy) is 2. The van der Waals surface area contributed by atoms with Gasteiger partial charge in [-0.25, -0.2) is 0 Å². The predicted octanol–water partition coefficient (Wildman–Crippen LogP) is 5.45. The fraction of sp³-hybridized carbons (Fsp3) is 0.455. The molecule has 0 aliphatic carbocycles. The molecule has 0 aromatic heterocycles. The second-order valence-corrected chi connectivity index (χ2v) is 7.58. The Morgan fingerprint density at radius 3 is 2.15 bits per heavy atom. The summed E-state index contributed by atoms with van der Waals surface area (Å²) in [5.41, 5.74) is 3.76. The van der Waals surface area contributed by atoms with Crippen molar-refractivity contribution in [2.75, 3.05) is 20.8 Å². The topological polar surface area (TPSA) is 30.5 Å². The van der Waals surface area contributed by atoms with E-state index in [9.17, 15) is 0 Å². The number of nitrogens with one attached hydrogen (secondary N) is 1. The first-order chi connectivity index (χ1) is 12.4. The summed E-state index contributed by atoms with van der Waals surface area (Å²) in [6.45, 7) is 8.31. The lowest BCUT2D eigenvalue weighted by Crippen LogP contribution is -2.20. The molecule has 2 aromatic carbocycles. The molecule has 1 unspecified atom stereocenters. The zero-order valence-electron chi connectivity index (χ0n) is 16.4. The Hall–Kier alpha value is -1.71. The number of benzene rings is 2. The maximum absolute atomic E-state index is 6.35. The van der Waals surface area contributed by atoms with Gasteiger partial charge in [-0.05, 0) is 41.0 Å². The van der Waals surface area contributed by atoms with E-state index < -0.39 is 0 Å². The molecule has 0 fully saturated rings. The molecule has 0 saturated heterocycles. The first-order valence-corrected chi connectivity index (χ1v) is 9.52. The molecule has 4 heteroatoms. The van der Waals surface area contributed by atoms with Crippen LogP contribution in [0.1, 0.15) is 43.4 Å². The minimum absolute atomic E-state index is 0.432. The average Bonchev–Trinajstić information content (AvgIpc) is 2.62. The molecule has 0 aliphatic heterocycles. The van der Waals surface area contributed by atoms with E-state index in [1.807, 2.05) is 6.07 Å². The van der Waals surface area contributed by atoms with E-state index >= 15 is 0 Å². The lowest BCUT2D eigenvalue weighted by Gasteiger charge is -2.16. The number of halogens is 1. The van der Waals surface area contributed by atoms with Crippen molar-refractivity contribution in [3.05, 3.63) is 58.1 Å². The normalized spacial score (nSPS) is 12.3. The largest absolute Gasteiger partial charge is 0.493 e. The first kappa shape index (κ1) is 20.6. The maximum atomic E-state index is 6.35. The van der Waals surface area contributed by atoms with Crippen LogP contribution in [0.15, 0.2) is 36.4 Å². The number of rotatable bonds is 9. The van der Waals surface area contributed by atoms with Crippen LogP contribution in [-0.2, 0) is 13.0 Å². The van der Waals surface area contributed by atoms with Gasteiger partial charge in [0.2, 0.25) is 0 Å². The molecule has 0 aliphatic rings. The molecule has 0 bridgehead atoms. The summed E-state index contributed by atoms with van der Waals surface area (Å²) in [7, 11) is 3.24. The van der Waals surface area contributed by atoms with Crippen molar-refractivity contribution in [3.8, 4) is 11.5 Å². The third kappa shape index (κ3) is 5.65. The maximum Gasteiger partial charge on any atom is 0.162 e. The molecule has 0 radical (unpaired) electrons. The number of hydrogen-bond donors (Lipinski definition) is 1. The van der Waals surface area contributed by atoms with Crippen molar-refractivity contribution in [1.82, 2.24) is 5.32 Å². The van der Waals surface area contributed by atoms with Gasteiger partial charge in [-0.3, -0.25) is 0 Å². The van der Waals surface area contributed by atoms with Gasteiger partial charge < -0.3 is 14.8 Å². The van der Waals surface area contributed by atoms with Crippen LogP contribution in [0.5, 0.6) is 11.5 Å². The van der Waals surface area contributed by atoms with Gasteiger partial charge in [0.25, 0.3) is 0 Å². The van der Waals surface area contributed by atoms with Crippen LogP contribution >= 0.6 is 11.6 Å². The van der Waals surface area contributed by atoms with Crippen molar-refractivity contribution in [1.29, 1.82) is 0 Å². The van der Waals surface area contributed by atoms with Crippen molar-refractivity contribution >= 4 is 11.6 Å². The van der Waals surface area contributed by atoms with E-state index in [0.717, 1.165) is 18.5 Å². The molecule has 2 aromatic rings. The van der Waals surface area contributed by atoms with Gasteiger partial charge in [-0.2, -0.15) is 0 Å². The van der Waals surface area contributed by atoms with Gasteiger partial charge in [-0.15, -0.1) is 0 Å². The van der Waals surface area contributed by atoms with E-state index in [2.05, 4.69) is 50.4 Å². The van der Waals surface area contributed by atoms with Gasteiger partial charge in [0.15, 0.2) is 11.5 Å². The van der Waals surface area contributed by atoms with Crippen LogP contribution in [0.2, 0.25) is 5.02 Å². The molecule has 1 atom stereocenters. The molecule has 142 valence electrons. The smallest absolute Gasteiger partial charge is 0.162 e. The first-order valence-electron chi connectivity index (χ1n) is 9.14. The summed E-state index contributed by atoms with van der Waals surface area (Å²) in [5.74, 6) is 2.46. The van der Waals surface area contributed by atoms with E-state index in [-0.39, 0.29) is 0 Å². The number of hydrogen-bond acceptors (Lipinski definition) is 3. The lowest BCUT2D eigenvalue weighted by molar-refractivity contribution is 0.354. The highest BCUT2D eigenvalue weighted by molar-refractivity contribution is 6.31. The summed E-state index contributed by atoms with van der Waals surface area (Å²) >= 11 is 6.35. The van der Waals surface area contributed by atoms with Crippen LogP contribution in [0.4, 0.5) is 0 Å². The molecule has 0 heterocycles. The molecule has 26 heavy (non-hydrogen) atoms. The van der Waals surface area contributed by atoms with Crippen molar-refractivity contribution in [2.24, 2.45) is 5.92 Å². The van der Waals surface area contributed by atoms with Crippen molar-refractivity contribution < 1.29 is 9.47 Å². The molecule has 0 amide bonds. The molecule has 2 rings (SSSR count). The third-order valence-electron chi connectivity index (χ3n) is 4.51. The van der Waals surface area contributed by atoms with Gasteiger partial charge in [0.1, 0.15) is 0 Å². The van der Waals surface area contributed by atoms with Crippen molar-refractivity contribution in [2.45, 2.75) is 39.7 Å². The van der Waals surface area contributed by atoms with E-state index in [4.69, 9.17) is 21.1 Å². The fourth-order valence-corrected chi connectivity index (χ4v) is 3.25. The van der Waals surface area contributed by atoms with Crippen LogP contribution in [0.25, 0.3) is 0 Å². The molecule has 0 spiro atoms. The quantitative estimate of drug-likeness (QED) is 0.632. The molecule has 3 nitrogen and oxygen atoms in total. The van der Waals surface area contributed by atoms with Crippen molar-refractivity contribution in [3.63, 3.8) is 0 Å². The Balaban J connectivity index is 1.93. The van der Waals surface area contributed by atoms with Crippen LogP contribution in [-0.4, -0.2) is 20.8 Å². The molecular weight excluding hydrogens is 346 g/mol. The SMILES string of the molecule is COc1cc(Cl)c(CNCC(C)c2ccc(CC(C)C)cc2)cc1OC. The van der Waals surface area contributed by atoms with Gasteiger partial charge >= 0.3 is 0 Å². The minimum Gasteiger partial charge on any atom is -0.493 e. The van der Waals surface area contributed by atoms with E-state index in [1.165, 1.54) is 11.1 Å². The molecule has 1 N–H and O–H groups in total. The highest BCUT2D eigenvalue weighted by atomic mass is 35.5. The highest BCUT2D eigenvalue weighted by Gasteiger charge is 2.11. The zero-order valence-corrected chi connectivity index (χ0v) is 17.2. The van der Waals surface area contributed by atoms with E-state index in [0.29, 0.717) is 34.9 Å². The van der Waals surface area contributed by atoms with Gasteiger partial charge in [-0.1, -0.05) is 56.6 Å².